The zero-order valence-electron chi connectivity index (χ0n) is 15.4. The number of fused-ring (bicyclic) bond motifs is 1. The molecule has 5 rings (SSSR count). The van der Waals surface area contributed by atoms with Crippen molar-refractivity contribution in [3.05, 3.63) is 77.5 Å². The molecule has 2 aromatic heterocycles. The Morgan fingerprint density at radius 2 is 1.76 bits per heavy atom. The summed E-state index contributed by atoms with van der Waals surface area (Å²) in [6, 6.07) is 17.1. The van der Waals surface area contributed by atoms with Crippen LogP contribution in [0.1, 0.15) is 6.42 Å². The first-order valence-electron chi connectivity index (χ1n) is 9.37. The minimum absolute atomic E-state index is 0.207. The van der Waals surface area contributed by atoms with E-state index in [4.69, 9.17) is 0 Å². The lowest BCUT2D eigenvalue weighted by Gasteiger charge is -2.16. The lowest BCUT2D eigenvalue weighted by molar-refractivity contribution is -0.123. The van der Waals surface area contributed by atoms with Gasteiger partial charge in [0.1, 0.15) is 6.10 Å². The standard InChI is InChI=1S/C22H18N4O3/c27-18-10-11-25(22(18)29)16-8-6-14(7-9-16)17-12-26(15-4-2-1-3-5-15)20-19(17)21(28)24-13-23-20/h1-9,12-13,18,27H,10-11H2,(H,23,24,28). The third-order valence-corrected chi connectivity index (χ3v) is 5.29. The van der Waals surface area contributed by atoms with Crippen molar-refractivity contribution in [1.29, 1.82) is 0 Å². The molecule has 0 bridgehead atoms. The fourth-order valence-corrected chi connectivity index (χ4v) is 3.82. The Bertz CT molecular complexity index is 1260. The van der Waals surface area contributed by atoms with Crippen LogP contribution in [0.25, 0.3) is 27.8 Å². The van der Waals surface area contributed by atoms with Gasteiger partial charge < -0.3 is 19.6 Å². The van der Waals surface area contributed by atoms with Gasteiger partial charge in [0, 0.05) is 36.1 Å². The number of aromatic amines is 1. The number of hydrogen-bond donors (Lipinski definition) is 2. The van der Waals surface area contributed by atoms with Gasteiger partial charge in [-0.15, -0.1) is 0 Å². The Morgan fingerprint density at radius 1 is 1.00 bits per heavy atom. The second kappa shape index (κ2) is 6.72. The van der Waals surface area contributed by atoms with E-state index >= 15 is 0 Å². The number of aliphatic hydroxyl groups is 1. The largest absolute Gasteiger partial charge is 0.383 e. The van der Waals surface area contributed by atoms with Gasteiger partial charge in [0.15, 0.2) is 5.65 Å². The summed E-state index contributed by atoms with van der Waals surface area (Å²) < 4.78 is 1.90. The summed E-state index contributed by atoms with van der Waals surface area (Å²) >= 11 is 0. The molecular formula is C22H18N4O3. The molecule has 2 N–H and O–H groups in total. The molecule has 7 heteroatoms. The predicted octanol–water partition coefficient (Wildman–Crippen LogP) is 2.48. The molecular weight excluding hydrogens is 368 g/mol. The van der Waals surface area contributed by atoms with Crippen LogP contribution in [-0.2, 0) is 4.79 Å². The van der Waals surface area contributed by atoms with Gasteiger partial charge in [0.05, 0.1) is 11.7 Å². The summed E-state index contributed by atoms with van der Waals surface area (Å²) in [7, 11) is 0. The van der Waals surface area contributed by atoms with E-state index in [1.165, 1.54) is 6.33 Å². The van der Waals surface area contributed by atoms with E-state index in [0.717, 1.165) is 22.5 Å². The predicted molar refractivity (Wildman–Crippen MR) is 110 cm³/mol. The number of carbonyl (C=O) groups excluding carboxylic acids is 1. The molecule has 0 radical (unpaired) electrons. The first-order valence-corrected chi connectivity index (χ1v) is 9.37. The minimum Gasteiger partial charge on any atom is -0.383 e. The molecule has 7 nitrogen and oxygen atoms in total. The van der Waals surface area contributed by atoms with E-state index in [2.05, 4.69) is 9.97 Å². The zero-order valence-corrected chi connectivity index (χ0v) is 15.4. The van der Waals surface area contributed by atoms with Gasteiger partial charge in [-0.25, -0.2) is 4.98 Å². The van der Waals surface area contributed by atoms with Crippen LogP contribution < -0.4 is 10.5 Å². The summed E-state index contributed by atoms with van der Waals surface area (Å²) in [6.07, 6.45) is 2.82. The van der Waals surface area contributed by atoms with Crippen LogP contribution in [0.15, 0.2) is 71.9 Å². The first kappa shape index (κ1) is 17.4. The Morgan fingerprint density at radius 3 is 2.45 bits per heavy atom. The van der Waals surface area contributed by atoms with E-state index in [-0.39, 0.29) is 11.5 Å². The molecule has 1 aliphatic heterocycles. The molecule has 4 aromatic rings. The molecule has 1 saturated heterocycles. The minimum atomic E-state index is -0.928. The highest BCUT2D eigenvalue weighted by molar-refractivity contribution is 5.99. The summed E-state index contributed by atoms with van der Waals surface area (Å²) in [6.45, 7) is 0.496. The Balaban J connectivity index is 1.62. The second-order valence-electron chi connectivity index (χ2n) is 7.02. The molecule has 3 heterocycles. The average molecular weight is 386 g/mol. The van der Waals surface area contributed by atoms with Gasteiger partial charge in [0.2, 0.25) is 0 Å². The monoisotopic (exact) mass is 386 g/mol. The van der Waals surface area contributed by atoms with Crippen molar-refractivity contribution in [3.63, 3.8) is 0 Å². The van der Waals surface area contributed by atoms with Gasteiger partial charge in [-0.05, 0) is 29.8 Å². The van der Waals surface area contributed by atoms with E-state index in [1.54, 1.807) is 4.90 Å². The highest BCUT2D eigenvalue weighted by Crippen LogP contribution is 2.31. The summed E-state index contributed by atoms with van der Waals surface area (Å²) in [5.41, 5.74) is 3.62. The maximum absolute atomic E-state index is 12.6. The van der Waals surface area contributed by atoms with E-state index in [9.17, 15) is 14.7 Å². The van der Waals surface area contributed by atoms with Gasteiger partial charge in [-0.2, -0.15) is 0 Å². The SMILES string of the molecule is O=C1C(O)CCN1c1ccc(-c2cn(-c3ccccc3)c3nc[nH]c(=O)c23)cc1. The van der Waals surface area contributed by atoms with Crippen molar-refractivity contribution in [2.24, 2.45) is 0 Å². The number of aromatic nitrogens is 3. The van der Waals surface area contributed by atoms with Crippen LogP contribution in [0.3, 0.4) is 0 Å². The maximum atomic E-state index is 12.6. The molecule has 2 aromatic carbocycles. The van der Waals surface area contributed by atoms with Gasteiger partial charge in [-0.1, -0.05) is 30.3 Å². The highest BCUT2D eigenvalue weighted by atomic mass is 16.3. The third-order valence-electron chi connectivity index (χ3n) is 5.29. The second-order valence-corrected chi connectivity index (χ2v) is 7.02. The first-order chi connectivity index (χ1) is 14.1. The van der Waals surface area contributed by atoms with E-state index in [0.29, 0.717) is 24.0 Å². The number of hydrogen-bond acceptors (Lipinski definition) is 4. The van der Waals surface area contributed by atoms with Crippen LogP contribution in [0.5, 0.6) is 0 Å². The Kier molecular flexibility index (Phi) is 4.03. The fraction of sp³-hybridized carbons (Fsp3) is 0.136. The normalized spacial score (nSPS) is 16.7. The lowest BCUT2D eigenvalue weighted by Crippen LogP contribution is -2.28. The molecule has 0 aliphatic carbocycles. The van der Waals surface area contributed by atoms with Gasteiger partial charge in [0.25, 0.3) is 11.5 Å². The smallest absolute Gasteiger partial charge is 0.260 e. The molecule has 144 valence electrons. The number of H-pyrrole nitrogens is 1. The van der Waals surface area contributed by atoms with E-state index < -0.39 is 6.10 Å². The Hall–Kier alpha value is -3.71. The Labute approximate surface area is 165 Å². The molecule has 1 fully saturated rings. The number of anilines is 1. The number of para-hydroxylation sites is 1. The number of amides is 1. The van der Waals surface area contributed by atoms with Crippen molar-refractivity contribution in [2.75, 3.05) is 11.4 Å². The van der Waals surface area contributed by atoms with Gasteiger partial charge in [-0.3, -0.25) is 9.59 Å². The lowest BCUT2D eigenvalue weighted by atomic mass is 10.1. The summed E-state index contributed by atoms with van der Waals surface area (Å²) in [5.74, 6) is -0.279. The van der Waals surface area contributed by atoms with Crippen molar-refractivity contribution >= 4 is 22.6 Å². The van der Waals surface area contributed by atoms with Crippen LogP contribution in [0.4, 0.5) is 5.69 Å². The van der Waals surface area contributed by atoms with Crippen molar-refractivity contribution < 1.29 is 9.90 Å². The number of rotatable bonds is 3. The third kappa shape index (κ3) is 2.83. The molecule has 1 aliphatic rings. The topological polar surface area (TPSA) is 91.2 Å². The van der Waals surface area contributed by atoms with Crippen LogP contribution in [0, 0.1) is 0 Å². The highest BCUT2D eigenvalue weighted by Gasteiger charge is 2.30. The van der Waals surface area contributed by atoms with Crippen molar-refractivity contribution in [3.8, 4) is 16.8 Å². The quantitative estimate of drug-likeness (QED) is 0.566. The van der Waals surface area contributed by atoms with Crippen LogP contribution in [-0.4, -0.2) is 38.2 Å². The number of benzene rings is 2. The van der Waals surface area contributed by atoms with Crippen LogP contribution >= 0.6 is 0 Å². The van der Waals surface area contributed by atoms with Crippen molar-refractivity contribution in [2.45, 2.75) is 12.5 Å². The summed E-state index contributed by atoms with van der Waals surface area (Å²) in [5, 5.41) is 10.2. The number of nitrogens with one attached hydrogen (secondary N) is 1. The van der Waals surface area contributed by atoms with Crippen LogP contribution in [0.2, 0.25) is 0 Å². The van der Waals surface area contributed by atoms with E-state index in [1.807, 2.05) is 65.4 Å². The molecule has 0 saturated carbocycles. The number of carbonyl (C=O) groups is 1. The molecule has 1 atom stereocenters. The maximum Gasteiger partial charge on any atom is 0.260 e. The fourth-order valence-electron chi connectivity index (χ4n) is 3.82. The number of nitrogens with zero attached hydrogens (tertiary/aromatic N) is 3. The molecule has 0 spiro atoms. The molecule has 29 heavy (non-hydrogen) atoms. The van der Waals surface area contributed by atoms with Gasteiger partial charge >= 0.3 is 0 Å². The average Bonchev–Trinajstić information content (AvgIpc) is 3.31. The number of aliphatic hydroxyl groups excluding tert-OH is 1. The molecule has 1 amide bonds. The molecule has 1 unspecified atom stereocenters. The summed E-state index contributed by atoms with van der Waals surface area (Å²) in [4.78, 5) is 33.3. The van der Waals surface area contributed by atoms with Crippen molar-refractivity contribution in [1.82, 2.24) is 14.5 Å². The zero-order chi connectivity index (χ0) is 20.0.